The van der Waals surface area contributed by atoms with Crippen LogP contribution in [-0.2, 0) is 20.7 Å². The predicted molar refractivity (Wildman–Crippen MR) is 92.9 cm³/mol. The second-order valence-corrected chi connectivity index (χ2v) is 5.77. The van der Waals surface area contributed by atoms with Crippen molar-refractivity contribution in [3.63, 3.8) is 0 Å². The third-order valence-electron chi connectivity index (χ3n) is 3.26. The molecule has 130 valence electrons. The largest absolute Gasteiger partial charge is 0.455 e. The Hall–Kier alpha value is -2.86. The highest BCUT2D eigenvalue weighted by molar-refractivity contribution is 6.30. The van der Waals surface area contributed by atoms with Crippen molar-refractivity contribution in [3.8, 4) is 0 Å². The minimum Gasteiger partial charge on any atom is -0.455 e. The summed E-state index contributed by atoms with van der Waals surface area (Å²) >= 11 is 5.73. The van der Waals surface area contributed by atoms with Gasteiger partial charge in [-0.1, -0.05) is 41.4 Å². The van der Waals surface area contributed by atoms with Crippen LogP contribution in [0.25, 0.3) is 0 Å². The van der Waals surface area contributed by atoms with Crippen LogP contribution in [0.15, 0.2) is 48.5 Å². The highest BCUT2D eigenvalue weighted by Gasteiger charge is 2.10. The first kappa shape index (κ1) is 18.5. The molecular formula is C18H17ClN2O4. The summed E-state index contributed by atoms with van der Waals surface area (Å²) in [6, 6.07) is 13.6. The molecule has 0 bridgehead atoms. The van der Waals surface area contributed by atoms with E-state index in [1.807, 2.05) is 31.2 Å². The van der Waals surface area contributed by atoms with Crippen molar-refractivity contribution in [2.75, 3.05) is 6.61 Å². The molecule has 2 amide bonds. The number of hydrazine groups is 1. The van der Waals surface area contributed by atoms with E-state index in [4.69, 9.17) is 16.3 Å². The van der Waals surface area contributed by atoms with Crippen molar-refractivity contribution in [1.29, 1.82) is 0 Å². The maximum atomic E-state index is 11.8. The zero-order valence-electron chi connectivity index (χ0n) is 13.5. The monoisotopic (exact) mass is 360 g/mol. The number of rotatable bonds is 5. The van der Waals surface area contributed by atoms with Gasteiger partial charge in [0.1, 0.15) is 0 Å². The summed E-state index contributed by atoms with van der Waals surface area (Å²) in [4.78, 5) is 35.1. The van der Waals surface area contributed by atoms with Crippen molar-refractivity contribution < 1.29 is 19.1 Å². The van der Waals surface area contributed by atoms with Crippen molar-refractivity contribution in [2.24, 2.45) is 0 Å². The molecule has 0 atom stereocenters. The van der Waals surface area contributed by atoms with Crippen molar-refractivity contribution in [3.05, 3.63) is 70.2 Å². The average Bonchev–Trinajstić information content (AvgIpc) is 2.60. The molecule has 2 aromatic carbocycles. The van der Waals surface area contributed by atoms with Gasteiger partial charge in [-0.2, -0.15) is 0 Å². The number of hydrogen-bond acceptors (Lipinski definition) is 4. The molecule has 0 unspecified atom stereocenters. The number of carbonyl (C=O) groups excluding carboxylic acids is 3. The fourth-order valence-electron chi connectivity index (χ4n) is 1.91. The lowest BCUT2D eigenvalue weighted by Crippen LogP contribution is -2.43. The molecule has 0 aromatic heterocycles. The van der Waals surface area contributed by atoms with Gasteiger partial charge in [0.2, 0.25) is 0 Å². The molecule has 6 nitrogen and oxygen atoms in total. The number of hydrogen-bond donors (Lipinski definition) is 2. The average molecular weight is 361 g/mol. The van der Waals surface area contributed by atoms with E-state index in [1.165, 1.54) is 12.1 Å². The number of benzene rings is 2. The normalized spacial score (nSPS) is 10.0. The molecule has 0 aliphatic heterocycles. The van der Waals surface area contributed by atoms with Gasteiger partial charge in [0.05, 0.1) is 6.42 Å². The van der Waals surface area contributed by atoms with E-state index in [9.17, 15) is 14.4 Å². The molecule has 0 fully saturated rings. The second kappa shape index (κ2) is 8.84. The smallest absolute Gasteiger partial charge is 0.310 e. The highest BCUT2D eigenvalue weighted by atomic mass is 35.5. The van der Waals surface area contributed by atoms with Crippen LogP contribution in [0.2, 0.25) is 5.02 Å². The summed E-state index contributed by atoms with van der Waals surface area (Å²) in [6.45, 7) is 1.47. The lowest BCUT2D eigenvalue weighted by molar-refractivity contribution is -0.148. The molecule has 2 rings (SSSR count). The molecule has 25 heavy (non-hydrogen) atoms. The number of carbonyl (C=O) groups is 3. The van der Waals surface area contributed by atoms with Gasteiger partial charge in [-0.25, -0.2) is 0 Å². The predicted octanol–water partition coefficient (Wildman–Crippen LogP) is 2.20. The summed E-state index contributed by atoms with van der Waals surface area (Å²) in [5, 5.41) is 0.501. The van der Waals surface area contributed by atoms with Gasteiger partial charge in [0, 0.05) is 10.6 Å². The fraction of sp³-hybridized carbons (Fsp3) is 0.167. The van der Waals surface area contributed by atoms with E-state index in [0.717, 1.165) is 11.1 Å². The minimum atomic E-state index is -0.639. The van der Waals surface area contributed by atoms with E-state index < -0.39 is 24.4 Å². The van der Waals surface area contributed by atoms with Crippen molar-refractivity contribution >= 4 is 29.4 Å². The highest BCUT2D eigenvalue weighted by Crippen LogP contribution is 2.09. The van der Waals surface area contributed by atoms with Crippen LogP contribution in [0.1, 0.15) is 21.5 Å². The Morgan fingerprint density at radius 1 is 0.960 bits per heavy atom. The molecule has 0 aliphatic rings. The Labute approximate surface area is 150 Å². The zero-order valence-corrected chi connectivity index (χ0v) is 14.3. The summed E-state index contributed by atoms with van der Waals surface area (Å²) in [5.41, 5.74) is 6.62. The molecule has 0 aliphatic carbocycles. The van der Waals surface area contributed by atoms with E-state index >= 15 is 0 Å². The lowest BCUT2D eigenvalue weighted by Gasteiger charge is -2.08. The number of esters is 1. The molecule has 0 saturated carbocycles. The number of ether oxygens (including phenoxy) is 1. The first-order chi connectivity index (χ1) is 11.9. The summed E-state index contributed by atoms with van der Waals surface area (Å²) in [7, 11) is 0. The molecule has 0 spiro atoms. The number of halogens is 1. The Kier molecular flexibility index (Phi) is 6.54. The van der Waals surface area contributed by atoms with Gasteiger partial charge in [-0.15, -0.1) is 0 Å². The first-order valence-electron chi connectivity index (χ1n) is 7.50. The quantitative estimate of drug-likeness (QED) is 0.632. The number of amides is 2. The standard InChI is InChI=1S/C18H17ClN2O4/c1-12-2-4-13(5-3-12)10-17(23)25-11-16(22)20-21-18(24)14-6-8-15(19)9-7-14/h2-9H,10-11H2,1H3,(H,20,22)(H,21,24). The van der Waals surface area contributed by atoms with Crippen molar-refractivity contribution in [2.45, 2.75) is 13.3 Å². The summed E-state index contributed by atoms with van der Waals surface area (Å²) in [5.74, 6) is -1.67. The molecule has 2 N–H and O–H groups in total. The topological polar surface area (TPSA) is 84.5 Å². The Morgan fingerprint density at radius 3 is 2.24 bits per heavy atom. The van der Waals surface area contributed by atoms with Gasteiger partial charge >= 0.3 is 5.97 Å². The maximum absolute atomic E-state index is 11.8. The van der Waals surface area contributed by atoms with E-state index in [0.29, 0.717) is 10.6 Å². The van der Waals surface area contributed by atoms with E-state index in [-0.39, 0.29) is 6.42 Å². The minimum absolute atomic E-state index is 0.0741. The van der Waals surface area contributed by atoms with Gasteiger partial charge in [0.25, 0.3) is 11.8 Å². The summed E-state index contributed by atoms with van der Waals surface area (Å²) in [6.07, 6.45) is 0.0741. The van der Waals surface area contributed by atoms with Crippen LogP contribution in [0.4, 0.5) is 0 Å². The van der Waals surface area contributed by atoms with Crippen LogP contribution in [0.3, 0.4) is 0 Å². The Morgan fingerprint density at radius 2 is 1.60 bits per heavy atom. The van der Waals surface area contributed by atoms with Gasteiger partial charge < -0.3 is 4.74 Å². The fourth-order valence-corrected chi connectivity index (χ4v) is 2.03. The van der Waals surface area contributed by atoms with E-state index in [1.54, 1.807) is 12.1 Å². The summed E-state index contributed by atoms with van der Waals surface area (Å²) < 4.78 is 4.87. The number of aryl methyl sites for hydroxylation is 1. The first-order valence-corrected chi connectivity index (χ1v) is 7.88. The third kappa shape index (κ3) is 6.27. The Bertz CT molecular complexity index is 758. The van der Waals surface area contributed by atoms with Crippen LogP contribution in [-0.4, -0.2) is 24.4 Å². The van der Waals surface area contributed by atoms with Gasteiger partial charge in [-0.05, 0) is 36.8 Å². The molecule has 7 heteroatoms. The van der Waals surface area contributed by atoms with Crippen LogP contribution >= 0.6 is 11.6 Å². The number of nitrogens with one attached hydrogen (secondary N) is 2. The SMILES string of the molecule is Cc1ccc(CC(=O)OCC(=O)NNC(=O)c2ccc(Cl)cc2)cc1. The molecular weight excluding hydrogens is 344 g/mol. The maximum Gasteiger partial charge on any atom is 0.310 e. The van der Waals surface area contributed by atoms with E-state index in [2.05, 4.69) is 10.9 Å². The van der Waals surface area contributed by atoms with Crippen LogP contribution in [0, 0.1) is 6.92 Å². The second-order valence-electron chi connectivity index (χ2n) is 5.33. The van der Waals surface area contributed by atoms with Gasteiger partial charge in [0.15, 0.2) is 6.61 Å². The van der Waals surface area contributed by atoms with Crippen LogP contribution in [0.5, 0.6) is 0 Å². The van der Waals surface area contributed by atoms with Crippen LogP contribution < -0.4 is 10.9 Å². The lowest BCUT2D eigenvalue weighted by atomic mass is 10.1. The van der Waals surface area contributed by atoms with Crippen molar-refractivity contribution in [1.82, 2.24) is 10.9 Å². The molecule has 0 radical (unpaired) electrons. The Balaban J connectivity index is 1.71. The van der Waals surface area contributed by atoms with Gasteiger partial charge in [-0.3, -0.25) is 25.2 Å². The zero-order chi connectivity index (χ0) is 18.2. The molecule has 0 heterocycles. The molecule has 2 aromatic rings. The third-order valence-corrected chi connectivity index (χ3v) is 3.51. The molecule has 0 saturated heterocycles.